The highest BCUT2D eigenvalue weighted by Crippen LogP contribution is 2.28. The fourth-order valence-corrected chi connectivity index (χ4v) is 3.17. The van der Waals surface area contributed by atoms with Crippen LogP contribution in [0.5, 0.6) is 0 Å². The van der Waals surface area contributed by atoms with E-state index in [2.05, 4.69) is 20.9 Å². The van der Waals surface area contributed by atoms with Crippen LogP contribution < -0.4 is 0 Å². The molecule has 3 rings (SSSR count). The minimum absolute atomic E-state index is 0.588. The molecule has 0 aromatic carbocycles. The smallest absolute Gasteiger partial charge is 0.115 e. The first-order valence-corrected chi connectivity index (χ1v) is 7.01. The first kappa shape index (κ1) is 12.1. The summed E-state index contributed by atoms with van der Waals surface area (Å²) < 4.78 is 5.45. The monoisotopic (exact) mass is 247 g/mol. The van der Waals surface area contributed by atoms with Gasteiger partial charge >= 0.3 is 0 Å². The van der Waals surface area contributed by atoms with E-state index in [1.54, 1.807) is 6.33 Å². The van der Waals surface area contributed by atoms with Crippen molar-refractivity contribution in [2.75, 3.05) is 26.3 Å². The van der Waals surface area contributed by atoms with E-state index in [-0.39, 0.29) is 0 Å². The first-order valence-electron chi connectivity index (χ1n) is 7.01. The molecule has 4 heteroatoms. The third kappa shape index (κ3) is 2.70. The van der Waals surface area contributed by atoms with Gasteiger partial charge in [-0.25, -0.2) is 9.97 Å². The second kappa shape index (κ2) is 5.76. The van der Waals surface area contributed by atoms with Crippen molar-refractivity contribution in [1.82, 2.24) is 14.9 Å². The topological polar surface area (TPSA) is 38.2 Å². The van der Waals surface area contributed by atoms with Crippen molar-refractivity contribution in [3.8, 4) is 0 Å². The molecule has 18 heavy (non-hydrogen) atoms. The number of hydrogen-bond donors (Lipinski definition) is 0. The van der Waals surface area contributed by atoms with Gasteiger partial charge in [0.1, 0.15) is 6.33 Å². The standard InChI is InChI=1S/C14H21N3O/c1-2-12(14-3-6-15-11-16-14)10-17(7-1)13-4-8-18-9-5-13/h3,6,11-13H,1-2,4-5,7-10H2/t12-/m1/s1. The third-order valence-corrected chi connectivity index (χ3v) is 4.18. The van der Waals surface area contributed by atoms with Gasteiger partial charge in [-0.1, -0.05) is 0 Å². The van der Waals surface area contributed by atoms with E-state index in [1.165, 1.54) is 37.9 Å². The van der Waals surface area contributed by atoms with E-state index in [1.807, 2.05) is 6.20 Å². The summed E-state index contributed by atoms with van der Waals surface area (Å²) in [5.74, 6) is 0.588. The van der Waals surface area contributed by atoms with E-state index in [9.17, 15) is 0 Å². The van der Waals surface area contributed by atoms with Crippen molar-refractivity contribution >= 4 is 0 Å². The zero-order valence-electron chi connectivity index (χ0n) is 10.8. The van der Waals surface area contributed by atoms with Gasteiger partial charge in [0.25, 0.3) is 0 Å². The maximum absolute atomic E-state index is 5.45. The largest absolute Gasteiger partial charge is 0.381 e. The molecule has 3 heterocycles. The lowest BCUT2D eigenvalue weighted by Gasteiger charge is -2.39. The summed E-state index contributed by atoms with van der Waals surface area (Å²) in [4.78, 5) is 11.1. The van der Waals surface area contributed by atoms with Gasteiger partial charge in [0.05, 0.1) is 0 Å². The predicted molar refractivity (Wildman–Crippen MR) is 69.4 cm³/mol. The van der Waals surface area contributed by atoms with Crippen LogP contribution in [-0.2, 0) is 4.74 Å². The Morgan fingerprint density at radius 2 is 2.11 bits per heavy atom. The SMILES string of the molecule is c1cc([C@@H]2CCCN(C3CCOCC3)C2)ncn1. The molecule has 2 aliphatic rings. The number of likely N-dealkylation sites (tertiary alicyclic amines) is 1. The molecule has 0 aliphatic carbocycles. The van der Waals surface area contributed by atoms with Gasteiger partial charge in [0.15, 0.2) is 0 Å². The number of nitrogens with zero attached hydrogens (tertiary/aromatic N) is 3. The van der Waals surface area contributed by atoms with E-state index in [4.69, 9.17) is 4.74 Å². The van der Waals surface area contributed by atoms with E-state index < -0.39 is 0 Å². The van der Waals surface area contributed by atoms with Crippen molar-refractivity contribution in [2.45, 2.75) is 37.6 Å². The average Bonchev–Trinajstić information content (AvgIpc) is 2.49. The summed E-state index contributed by atoms with van der Waals surface area (Å²) in [6.07, 6.45) is 8.45. The number of aromatic nitrogens is 2. The van der Waals surface area contributed by atoms with Crippen LogP contribution in [0, 0.1) is 0 Å². The highest BCUT2D eigenvalue weighted by atomic mass is 16.5. The molecule has 0 amide bonds. The van der Waals surface area contributed by atoms with Crippen molar-refractivity contribution in [3.63, 3.8) is 0 Å². The molecule has 0 bridgehead atoms. The second-order valence-corrected chi connectivity index (χ2v) is 5.31. The molecular weight excluding hydrogens is 226 g/mol. The molecule has 4 nitrogen and oxygen atoms in total. The van der Waals surface area contributed by atoms with Gasteiger partial charge in [-0.3, -0.25) is 4.90 Å². The Bertz CT molecular complexity index is 365. The van der Waals surface area contributed by atoms with Gasteiger partial charge in [-0.15, -0.1) is 0 Å². The van der Waals surface area contributed by atoms with Crippen LogP contribution in [-0.4, -0.2) is 47.2 Å². The van der Waals surface area contributed by atoms with Gasteiger partial charge in [0.2, 0.25) is 0 Å². The Balaban J connectivity index is 1.64. The van der Waals surface area contributed by atoms with Crippen LogP contribution in [0.1, 0.15) is 37.3 Å². The molecule has 2 aliphatic heterocycles. The highest BCUT2D eigenvalue weighted by Gasteiger charge is 2.28. The summed E-state index contributed by atoms with van der Waals surface area (Å²) in [6, 6.07) is 2.79. The van der Waals surface area contributed by atoms with Gasteiger partial charge in [0, 0.05) is 43.6 Å². The normalized spacial score (nSPS) is 27.2. The molecule has 0 saturated carbocycles. The maximum atomic E-state index is 5.45. The van der Waals surface area contributed by atoms with E-state index >= 15 is 0 Å². The Morgan fingerprint density at radius 3 is 2.89 bits per heavy atom. The van der Waals surface area contributed by atoms with Crippen molar-refractivity contribution in [3.05, 3.63) is 24.3 Å². The van der Waals surface area contributed by atoms with E-state index in [0.29, 0.717) is 5.92 Å². The second-order valence-electron chi connectivity index (χ2n) is 5.31. The molecule has 0 spiro atoms. The summed E-state index contributed by atoms with van der Waals surface area (Å²) in [7, 11) is 0. The minimum Gasteiger partial charge on any atom is -0.381 e. The average molecular weight is 247 g/mol. The van der Waals surface area contributed by atoms with E-state index in [0.717, 1.165) is 25.8 Å². The van der Waals surface area contributed by atoms with Crippen molar-refractivity contribution < 1.29 is 4.74 Å². The Kier molecular flexibility index (Phi) is 3.86. The lowest BCUT2D eigenvalue weighted by molar-refractivity contribution is 0.0237. The summed E-state index contributed by atoms with van der Waals surface area (Å²) >= 11 is 0. The molecule has 1 atom stereocenters. The van der Waals surface area contributed by atoms with Crippen LogP contribution >= 0.6 is 0 Å². The fourth-order valence-electron chi connectivity index (χ4n) is 3.17. The molecule has 2 saturated heterocycles. The lowest BCUT2D eigenvalue weighted by Crippen LogP contribution is -2.44. The summed E-state index contributed by atoms with van der Waals surface area (Å²) in [5, 5.41) is 0. The molecule has 98 valence electrons. The Morgan fingerprint density at radius 1 is 1.22 bits per heavy atom. The zero-order valence-corrected chi connectivity index (χ0v) is 10.8. The fraction of sp³-hybridized carbons (Fsp3) is 0.714. The Hall–Kier alpha value is -1.00. The molecular formula is C14H21N3O. The Labute approximate surface area is 108 Å². The molecule has 0 radical (unpaired) electrons. The highest BCUT2D eigenvalue weighted by molar-refractivity contribution is 5.08. The summed E-state index contributed by atoms with van der Waals surface area (Å²) in [5.41, 5.74) is 1.21. The van der Waals surface area contributed by atoms with Crippen molar-refractivity contribution in [1.29, 1.82) is 0 Å². The van der Waals surface area contributed by atoms with Crippen LogP contribution in [0.4, 0.5) is 0 Å². The minimum atomic E-state index is 0.588. The molecule has 1 aromatic heterocycles. The quantitative estimate of drug-likeness (QED) is 0.799. The number of hydrogen-bond acceptors (Lipinski definition) is 4. The molecule has 0 N–H and O–H groups in total. The predicted octanol–water partition coefficient (Wildman–Crippen LogP) is 1.83. The molecule has 0 unspecified atom stereocenters. The van der Waals surface area contributed by atoms with Crippen LogP contribution in [0.25, 0.3) is 0 Å². The third-order valence-electron chi connectivity index (χ3n) is 4.18. The van der Waals surface area contributed by atoms with Crippen LogP contribution in [0.2, 0.25) is 0 Å². The zero-order chi connectivity index (χ0) is 12.2. The van der Waals surface area contributed by atoms with Gasteiger partial charge in [-0.2, -0.15) is 0 Å². The van der Waals surface area contributed by atoms with Crippen LogP contribution in [0.3, 0.4) is 0 Å². The lowest BCUT2D eigenvalue weighted by atomic mass is 9.92. The molecule has 2 fully saturated rings. The van der Waals surface area contributed by atoms with Crippen LogP contribution in [0.15, 0.2) is 18.6 Å². The summed E-state index contributed by atoms with van der Waals surface area (Å²) in [6.45, 7) is 4.26. The van der Waals surface area contributed by atoms with Crippen molar-refractivity contribution in [2.24, 2.45) is 0 Å². The maximum Gasteiger partial charge on any atom is 0.115 e. The van der Waals surface area contributed by atoms with Gasteiger partial charge in [-0.05, 0) is 38.3 Å². The number of piperidine rings is 1. The number of rotatable bonds is 2. The first-order chi connectivity index (χ1) is 8.93. The number of ether oxygens (including phenoxy) is 1. The van der Waals surface area contributed by atoms with Gasteiger partial charge < -0.3 is 4.74 Å². The molecule has 1 aromatic rings.